The highest BCUT2D eigenvalue weighted by molar-refractivity contribution is 6.13. The van der Waals surface area contributed by atoms with Crippen molar-refractivity contribution in [3.8, 4) is 34.3 Å². The number of fused-ring (bicyclic) bond motifs is 9. The van der Waals surface area contributed by atoms with Gasteiger partial charge in [0.2, 0.25) is 5.69 Å². The van der Waals surface area contributed by atoms with E-state index in [1.165, 1.54) is 21.8 Å². The van der Waals surface area contributed by atoms with Crippen LogP contribution in [-0.4, -0.2) is 13.7 Å². The quantitative estimate of drug-likeness (QED) is 0.169. The van der Waals surface area contributed by atoms with Crippen molar-refractivity contribution in [2.24, 2.45) is 0 Å². The molecule has 3 heterocycles. The van der Waals surface area contributed by atoms with Crippen LogP contribution in [0.4, 0.5) is 5.69 Å². The van der Waals surface area contributed by atoms with Crippen LogP contribution in [0.3, 0.4) is 0 Å². The number of benzene rings is 8. The van der Waals surface area contributed by atoms with Crippen molar-refractivity contribution in [2.75, 3.05) is 0 Å². The molecule has 5 nitrogen and oxygen atoms in total. The van der Waals surface area contributed by atoms with Crippen molar-refractivity contribution >= 4 is 71.1 Å². The number of hydrogen-bond acceptors (Lipinski definition) is 1. The van der Waals surface area contributed by atoms with Crippen molar-refractivity contribution in [1.82, 2.24) is 13.7 Å². The summed E-state index contributed by atoms with van der Waals surface area (Å²) in [5.74, 6) is 0. The van der Waals surface area contributed by atoms with Crippen molar-refractivity contribution in [3.63, 3.8) is 0 Å². The van der Waals surface area contributed by atoms with Gasteiger partial charge in [0.05, 0.1) is 57.0 Å². The van der Waals surface area contributed by atoms with E-state index in [9.17, 15) is 5.26 Å². The fourth-order valence-corrected chi connectivity index (χ4v) is 8.73. The van der Waals surface area contributed by atoms with E-state index in [0.29, 0.717) is 11.3 Å². The van der Waals surface area contributed by atoms with E-state index in [-0.39, 0.29) is 0 Å². The Kier molecular flexibility index (Phi) is 6.61. The molecule has 0 radical (unpaired) electrons. The van der Waals surface area contributed by atoms with Crippen LogP contribution < -0.4 is 0 Å². The Labute approximate surface area is 316 Å². The van der Waals surface area contributed by atoms with E-state index in [1.807, 2.05) is 24.3 Å². The maximum Gasteiger partial charge on any atom is 0.218 e. The van der Waals surface area contributed by atoms with Gasteiger partial charge in [-0.3, -0.25) is 0 Å². The lowest BCUT2D eigenvalue weighted by atomic mass is 10.0. The lowest BCUT2D eigenvalue weighted by Gasteiger charge is -2.15. The second-order valence-corrected chi connectivity index (χ2v) is 14.0. The molecule has 0 spiro atoms. The number of para-hydroxylation sites is 5. The molecule has 0 saturated heterocycles. The fraction of sp³-hybridized carbons (Fsp3) is 0. The average Bonchev–Trinajstić information content (AvgIpc) is 3.88. The third-order valence-electron chi connectivity index (χ3n) is 11.1. The van der Waals surface area contributed by atoms with Gasteiger partial charge in [-0.2, -0.15) is 5.26 Å². The molecule has 254 valence electrons. The van der Waals surface area contributed by atoms with Gasteiger partial charge >= 0.3 is 0 Å². The number of nitriles is 1. The van der Waals surface area contributed by atoms with Gasteiger partial charge in [0.1, 0.15) is 0 Å². The van der Waals surface area contributed by atoms with Crippen molar-refractivity contribution in [2.45, 2.75) is 0 Å². The highest BCUT2D eigenvalue weighted by Crippen LogP contribution is 2.42. The van der Waals surface area contributed by atoms with Gasteiger partial charge in [-0.1, -0.05) is 97.1 Å². The molecular weight excluding hydrogens is 671 g/mol. The summed E-state index contributed by atoms with van der Waals surface area (Å²) in [6.45, 7) is 8.53. The summed E-state index contributed by atoms with van der Waals surface area (Å²) in [4.78, 5) is 4.21. The Morgan fingerprint density at radius 1 is 0.418 bits per heavy atom. The van der Waals surface area contributed by atoms with Crippen LogP contribution in [-0.2, 0) is 0 Å². The molecule has 11 aromatic rings. The van der Waals surface area contributed by atoms with Gasteiger partial charge in [-0.25, -0.2) is 4.85 Å². The van der Waals surface area contributed by atoms with Gasteiger partial charge in [-0.15, -0.1) is 0 Å². The van der Waals surface area contributed by atoms with Crippen LogP contribution in [0.15, 0.2) is 176 Å². The minimum Gasteiger partial charge on any atom is -0.319 e. The highest BCUT2D eigenvalue weighted by atomic mass is 15.0. The van der Waals surface area contributed by atoms with Gasteiger partial charge in [-0.05, 0) is 90.0 Å². The Bertz CT molecular complexity index is 3400. The van der Waals surface area contributed by atoms with E-state index < -0.39 is 0 Å². The van der Waals surface area contributed by atoms with Crippen LogP contribution in [0.1, 0.15) is 5.56 Å². The molecule has 8 aromatic carbocycles. The number of aromatic nitrogens is 3. The van der Waals surface area contributed by atoms with E-state index in [4.69, 9.17) is 6.57 Å². The molecule has 0 N–H and O–H groups in total. The lowest BCUT2D eigenvalue weighted by Crippen LogP contribution is -1.97. The zero-order chi connectivity index (χ0) is 36.6. The molecule has 0 aliphatic rings. The summed E-state index contributed by atoms with van der Waals surface area (Å²) < 4.78 is 6.84. The van der Waals surface area contributed by atoms with E-state index in [1.54, 1.807) is 0 Å². The maximum atomic E-state index is 9.66. The average molecular weight is 700 g/mol. The highest BCUT2D eigenvalue weighted by Gasteiger charge is 2.20. The van der Waals surface area contributed by atoms with Crippen LogP contribution >= 0.6 is 0 Å². The van der Waals surface area contributed by atoms with E-state index in [2.05, 4.69) is 176 Å². The smallest absolute Gasteiger partial charge is 0.218 e. The first-order valence-electron chi connectivity index (χ1n) is 18.3. The van der Waals surface area contributed by atoms with Crippen LogP contribution in [0.25, 0.3) is 98.5 Å². The number of rotatable bonds is 4. The monoisotopic (exact) mass is 699 g/mol. The van der Waals surface area contributed by atoms with Gasteiger partial charge in [0.15, 0.2) is 0 Å². The third kappa shape index (κ3) is 4.45. The minimum absolute atomic E-state index is 0.606. The molecule has 55 heavy (non-hydrogen) atoms. The zero-order valence-electron chi connectivity index (χ0n) is 29.5. The first kappa shape index (κ1) is 30.7. The zero-order valence-corrected chi connectivity index (χ0v) is 29.5. The third-order valence-corrected chi connectivity index (χ3v) is 11.1. The SMILES string of the molecule is [C-]#[N+]c1c(-c2ccc(-n3c4ccccc4c4ccccc43)cc2)cccc1-n1c2ccccc2c2cc(-n3c4ccccc4c4cc(C#N)ccc43)ccc21. The summed E-state index contributed by atoms with van der Waals surface area (Å²) in [7, 11) is 0. The molecule has 0 saturated carbocycles. The normalized spacial score (nSPS) is 11.6. The standard InChI is InChI=1S/C50H29N5/c1-52-50-36(33-22-24-34(25-23-33)53-43-16-6-2-11-37(43)38-12-3-7-17-44(38)53)15-10-20-49(50)55-46-19-9-5-14-40(46)42-30-35(26-28-48(42)55)54-45-18-8-4-13-39(45)41-29-32(31-51)21-27-47(41)54/h2-30H. The van der Waals surface area contributed by atoms with Crippen molar-refractivity contribution in [3.05, 3.63) is 193 Å². The van der Waals surface area contributed by atoms with Gasteiger partial charge in [0.25, 0.3) is 0 Å². The molecule has 0 amide bonds. The van der Waals surface area contributed by atoms with E-state index in [0.717, 1.165) is 71.8 Å². The molecule has 0 bridgehead atoms. The van der Waals surface area contributed by atoms with Crippen LogP contribution in [0.2, 0.25) is 0 Å². The lowest BCUT2D eigenvalue weighted by molar-refractivity contribution is 1.17. The summed E-state index contributed by atoms with van der Waals surface area (Å²) in [5, 5.41) is 16.5. The van der Waals surface area contributed by atoms with Crippen molar-refractivity contribution < 1.29 is 0 Å². The molecular formula is C50H29N5. The number of nitrogens with zero attached hydrogens (tertiary/aromatic N) is 5. The second-order valence-electron chi connectivity index (χ2n) is 14.0. The molecule has 0 atom stereocenters. The molecule has 0 fully saturated rings. The predicted octanol–water partition coefficient (Wildman–Crippen LogP) is 13.1. The maximum absolute atomic E-state index is 9.66. The fourth-order valence-electron chi connectivity index (χ4n) is 8.73. The summed E-state index contributed by atoms with van der Waals surface area (Å²) >= 11 is 0. The second kappa shape index (κ2) is 11.8. The summed E-state index contributed by atoms with van der Waals surface area (Å²) in [6, 6.07) is 63.5. The van der Waals surface area contributed by atoms with E-state index >= 15 is 0 Å². The first-order valence-corrected chi connectivity index (χ1v) is 18.3. The predicted molar refractivity (Wildman–Crippen MR) is 226 cm³/mol. The summed E-state index contributed by atoms with van der Waals surface area (Å²) in [6.07, 6.45) is 0. The van der Waals surface area contributed by atoms with Crippen LogP contribution in [0.5, 0.6) is 0 Å². The molecule has 5 heteroatoms. The topological polar surface area (TPSA) is 42.9 Å². The molecule has 0 aliphatic carbocycles. The van der Waals surface area contributed by atoms with Crippen molar-refractivity contribution in [1.29, 1.82) is 5.26 Å². The molecule has 11 rings (SSSR count). The number of hydrogen-bond donors (Lipinski definition) is 0. The molecule has 0 unspecified atom stereocenters. The molecule has 3 aromatic heterocycles. The Balaban J connectivity index is 1.07. The largest absolute Gasteiger partial charge is 0.319 e. The first-order chi connectivity index (χ1) is 27.2. The van der Waals surface area contributed by atoms with Crippen LogP contribution in [0, 0.1) is 17.9 Å². The Morgan fingerprint density at radius 3 is 1.49 bits per heavy atom. The molecule has 0 aliphatic heterocycles. The van der Waals surface area contributed by atoms with Gasteiger partial charge in [0, 0.05) is 43.7 Å². The summed E-state index contributed by atoms with van der Waals surface area (Å²) in [5.41, 5.74) is 12.6. The Hall–Kier alpha value is -7.86. The van der Waals surface area contributed by atoms with Gasteiger partial charge < -0.3 is 13.7 Å². The minimum atomic E-state index is 0.606. The Morgan fingerprint density at radius 2 is 0.891 bits per heavy atom.